The lowest BCUT2D eigenvalue weighted by atomic mass is 10.1. The molecule has 138 valence electrons. The predicted octanol–water partition coefficient (Wildman–Crippen LogP) is 3.97. The lowest BCUT2D eigenvalue weighted by Gasteiger charge is -2.37. The van der Waals surface area contributed by atoms with Crippen molar-refractivity contribution in [3.8, 4) is 0 Å². The van der Waals surface area contributed by atoms with E-state index in [1.807, 2.05) is 4.90 Å². The maximum absolute atomic E-state index is 12.9. The fourth-order valence-electron chi connectivity index (χ4n) is 3.55. The maximum atomic E-state index is 12.9. The number of amides is 2. The summed E-state index contributed by atoms with van der Waals surface area (Å²) in [6.07, 6.45) is 0.830. The van der Waals surface area contributed by atoms with Crippen LogP contribution in [0, 0.1) is 6.92 Å². The van der Waals surface area contributed by atoms with Crippen LogP contribution in [0.15, 0.2) is 36.4 Å². The molecule has 2 heterocycles. The number of fused-ring (bicyclic) bond motifs is 1. The van der Waals surface area contributed by atoms with Crippen molar-refractivity contribution in [3.05, 3.63) is 53.3 Å². The molecule has 26 heavy (non-hydrogen) atoms. The second kappa shape index (κ2) is 7.64. The highest BCUT2D eigenvalue weighted by atomic mass is 16.5. The Labute approximate surface area is 153 Å². The molecule has 6 nitrogen and oxygen atoms in total. The number of benzene rings is 1. The zero-order chi connectivity index (χ0) is 18.7. The van der Waals surface area contributed by atoms with Gasteiger partial charge in [-0.3, -0.25) is 0 Å². The van der Waals surface area contributed by atoms with Crippen LogP contribution in [0.5, 0.6) is 0 Å². The molecule has 1 aliphatic heterocycles. The van der Waals surface area contributed by atoms with Gasteiger partial charge < -0.3 is 19.5 Å². The second-order valence-corrected chi connectivity index (χ2v) is 6.36. The Kier molecular flexibility index (Phi) is 5.30. The number of nitrogens with zero attached hydrogens (tertiary/aromatic N) is 2. The molecule has 0 saturated heterocycles. The first-order chi connectivity index (χ1) is 12.6. The summed E-state index contributed by atoms with van der Waals surface area (Å²) in [6, 6.07) is 10.9. The van der Waals surface area contributed by atoms with Gasteiger partial charge in [0, 0.05) is 24.5 Å². The van der Waals surface area contributed by atoms with Crippen LogP contribution in [-0.2, 0) is 11.3 Å². The van der Waals surface area contributed by atoms with Crippen LogP contribution < -0.4 is 5.32 Å². The van der Waals surface area contributed by atoms with Crippen LogP contribution >= 0.6 is 0 Å². The zero-order valence-corrected chi connectivity index (χ0v) is 15.5. The summed E-state index contributed by atoms with van der Waals surface area (Å²) in [5.41, 5.74) is 3.21. The minimum absolute atomic E-state index is 0.0206. The van der Waals surface area contributed by atoms with Crippen molar-refractivity contribution in [1.82, 2.24) is 9.47 Å². The van der Waals surface area contributed by atoms with Crippen molar-refractivity contribution >= 4 is 17.7 Å². The highest BCUT2D eigenvalue weighted by molar-refractivity contribution is 6.00. The minimum atomic E-state index is -0.432. The zero-order valence-electron chi connectivity index (χ0n) is 15.5. The number of aryl methyl sites for hydroxylation is 1. The molecule has 1 N–H and O–H groups in total. The largest absolute Gasteiger partial charge is 0.462 e. The van der Waals surface area contributed by atoms with Gasteiger partial charge in [-0.2, -0.15) is 0 Å². The highest BCUT2D eigenvalue weighted by Crippen LogP contribution is 2.31. The van der Waals surface area contributed by atoms with Crippen molar-refractivity contribution in [3.63, 3.8) is 0 Å². The van der Waals surface area contributed by atoms with Crippen molar-refractivity contribution < 1.29 is 14.3 Å². The Balaban J connectivity index is 1.82. The van der Waals surface area contributed by atoms with Gasteiger partial charge in [-0.05, 0) is 44.5 Å². The molecule has 0 fully saturated rings. The van der Waals surface area contributed by atoms with Gasteiger partial charge in [0.05, 0.1) is 23.9 Å². The number of aromatic nitrogens is 1. The first-order valence-corrected chi connectivity index (χ1v) is 9.06. The molecular formula is C20H25N3O3. The highest BCUT2D eigenvalue weighted by Gasteiger charge is 2.31. The molecule has 3 rings (SSSR count). The number of rotatable bonds is 4. The maximum Gasteiger partial charge on any atom is 0.340 e. The van der Waals surface area contributed by atoms with E-state index < -0.39 is 5.97 Å². The molecular weight excluding hydrogens is 330 g/mol. The van der Waals surface area contributed by atoms with Crippen LogP contribution in [0.1, 0.15) is 48.1 Å². The molecule has 0 aliphatic carbocycles. The van der Waals surface area contributed by atoms with Crippen LogP contribution in [-0.4, -0.2) is 34.6 Å². The lowest BCUT2D eigenvalue weighted by Crippen LogP contribution is -2.44. The summed E-state index contributed by atoms with van der Waals surface area (Å²) >= 11 is 0. The summed E-state index contributed by atoms with van der Waals surface area (Å²) < 4.78 is 7.35. The van der Waals surface area contributed by atoms with Gasteiger partial charge in [0.15, 0.2) is 0 Å². The standard InChI is InChI=1S/C20H25N3O3/c1-4-17-18-11-10-14(3)22(18)12-13-23(17)20(25)21-16-9-7-6-8-15(16)19(24)26-5-2/h6-11,17H,4-5,12-13H2,1-3H3,(H,21,25)/t17-/m1/s1. The Bertz CT molecular complexity index is 812. The Hall–Kier alpha value is -2.76. The fourth-order valence-corrected chi connectivity index (χ4v) is 3.55. The third-order valence-corrected chi connectivity index (χ3v) is 4.83. The molecule has 1 aromatic heterocycles. The normalized spacial score (nSPS) is 16.1. The summed E-state index contributed by atoms with van der Waals surface area (Å²) in [5.74, 6) is -0.432. The molecule has 1 aromatic carbocycles. The van der Waals surface area contributed by atoms with Gasteiger partial charge in [-0.15, -0.1) is 0 Å². The van der Waals surface area contributed by atoms with E-state index in [-0.39, 0.29) is 12.1 Å². The van der Waals surface area contributed by atoms with Gasteiger partial charge in [-0.1, -0.05) is 19.1 Å². The summed E-state index contributed by atoms with van der Waals surface area (Å²) in [5, 5.41) is 2.90. The third kappa shape index (κ3) is 3.31. The molecule has 0 radical (unpaired) electrons. The fraction of sp³-hybridized carbons (Fsp3) is 0.400. The number of hydrogen-bond acceptors (Lipinski definition) is 3. The van der Waals surface area contributed by atoms with Crippen LogP contribution in [0.2, 0.25) is 0 Å². The van der Waals surface area contributed by atoms with Gasteiger partial charge in [0.2, 0.25) is 0 Å². The number of carbonyl (C=O) groups is 2. The quantitative estimate of drug-likeness (QED) is 0.844. The molecule has 0 unspecified atom stereocenters. The summed E-state index contributed by atoms with van der Waals surface area (Å²) in [6.45, 7) is 7.63. The molecule has 6 heteroatoms. The molecule has 1 aliphatic rings. The van der Waals surface area contributed by atoms with Gasteiger partial charge in [0.25, 0.3) is 0 Å². The van der Waals surface area contributed by atoms with E-state index in [0.29, 0.717) is 24.4 Å². The third-order valence-electron chi connectivity index (χ3n) is 4.83. The Morgan fingerprint density at radius 2 is 1.92 bits per heavy atom. The molecule has 2 amide bonds. The Morgan fingerprint density at radius 3 is 2.65 bits per heavy atom. The number of carbonyl (C=O) groups excluding carboxylic acids is 2. The molecule has 1 atom stereocenters. The second-order valence-electron chi connectivity index (χ2n) is 6.36. The first kappa shape index (κ1) is 18.0. The number of anilines is 1. The lowest BCUT2D eigenvalue weighted by molar-refractivity contribution is 0.0527. The van der Waals surface area contributed by atoms with E-state index in [4.69, 9.17) is 4.74 Å². The number of para-hydroxylation sites is 1. The smallest absolute Gasteiger partial charge is 0.340 e. The first-order valence-electron chi connectivity index (χ1n) is 9.06. The topological polar surface area (TPSA) is 63.6 Å². The van der Waals surface area contributed by atoms with E-state index in [1.54, 1.807) is 31.2 Å². The molecule has 0 spiro atoms. The van der Waals surface area contributed by atoms with Gasteiger partial charge >= 0.3 is 12.0 Å². The predicted molar refractivity (Wildman–Crippen MR) is 100 cm³/mol. The molecule has 0 bridgehead atoms. The van der Waals surface area contributed by atoms with Crippen molar-refractivity contribution in [2.24, 2.45) is 0 Å². The van der Waals surface area contributed by atoms with Crippen molar-refractivity contribution in [1.29, 1.82) is 0 Å². The summed E-state index contributed by atoms with van der Waals surface area (Å²) in [4.78, 5) is 26.9. The van der Waals surface area contributed by atoms with Gasteiger partial charge in [0.1, 0.15) is 0 Å². The van der Waals surface area contributed by atoms with Crippen molar-refractivity contribution in [2.45, 2.75) is 39.8 Å². The minimum Gasteiger partial charge on any atom is -0.462 e. The van der Waals surface area contributed by atoms with E-state index in [2.05, 4.69) is 35.9 Å². The van der Waals surface area contributed by atoms with Crippen molar-refractivity contribution in [2.75, 3.05) is 18.5 Å². The monoisotopic (exact) mass is 355 g/mol. The SMILES string of the molecule is CCOC(=O)c1ccccc1NC(=O)N1CCn2c(C)ccc2[C@H]1CC. The molecule has 0 saturated carbocycles. The van der Waals surface area contributed by atoms with E-state index in [1.165, 1.54) is 5.69 Å². The summed E-state index contributed by atoms with van der Waals surface area (Å²) in [7, 11) is 0. The number of nitrogens with one attached hydrogen (secondary N) is 1. The average molecular weight is 355 g/mol. The van der Waals surface area contributed by atoms with E-state index in [0.717, 1.165) is 18.7 Å². The van der Waals surface area contributed by atoms with Gasteiger partial charge in [-0.25, -0.2) is 9.59 Å². The molecule has 2 aromatic rings. The average Bonchev–Trinajstić information content (AvgIpc) is 3.02. The van der Waals surface area contributed by atoms with E-state index in [9.17, 15) is 9.59 Å². The van der Waals surface area contributed by atoms with E-state index >= 15 is 0 Å². The number of hydrogen-bond donors (Lipinski definition) is 1. The number of esters is 1. The Morgan fingerprint density at radius 1 is 1.15 bits per heavy atom. The van der Waals surface area contributed by atoms with Crippen LogP contribution in [0.3, 0.4) is 0 Å². The van der Waals surface area contributed by atoms with Crippen LogP contribution in [0.25, 0.3) is 0 Å². The number of ether oxygens (including phenoxy) is 1. The number of urea groups is 1. The van der Waals surface area contributed by atoms with Crippen LogP contribution in [0.4, 0.5) is 10.5 Å².